The zero-order valence-corrected chi connectivity index (χ0v) is 16.1. The Hall–Kier alpha value is -3.80. The van der Waals surface area contributed by atoms with Gasteiger partial charge in [-0.15, -0.1) is 0 Å². The van der Waals surface area contributed by atoms with Crippen LogP contribution in [0.2, 0.25) is 0 Å². The van der Waals surface area contributed by atoms with Gasteiger partial charge < -0.3 is 20.4 Å². The molecular weight excluding hydrogens is 364 g/mol. The number of hydrogen-bond donors (Lipinski definition) is 3. The van der Waals surface area contributed by atoms with Crippen LogP contribution in [0.25, 0.3) is 10.9 Å². The summed E-state index contributed by atoms with van der Waals surface area (Å²) in [5.41, 5.74) is 4.45. The highest BCUT2D eigenvalue weighted by molar-refractivity contribution is 5.95. The van der Waals surface area contributed by atoms with E-state index in [-0.39, 0.29) is 5.91 Å². The number of methoxy groups -OCH3 is 1. The number of carbonyl (C=O) groups is 1. The summed E-state index contributed by atoms with van der Waals surface area (Å²) in [6.07, 6.45) is 6.01. The number of fused-ring (bicyclic) bond motifs is 1. The van der Waals surface area contributed by atoms with E-state index in [1.165, 1.54) is 10.9 Å². The highest BCUT2D eigenvalue weighted by Gasteiger charge is 2.08. The lowest BCUT2D eigenvalue weighted by Gasteiger charge is -2.09. The number of nitrogens with zero attached hydrogens (tertiary/aromatic N) is 1. The first-order valence-electron chi connectivity index (χ1n) is 9.42. The van der Waals surface area contributed by atoms with Gasteiger partial charge in [-0.05, 0) is 48.4 Å². The average Bonchev–Trinajstić information content (AvgIpc) is 3.18. The lowest BCUT2D eigenvalue weighted by atomic mass is 10.1. The number of amides is 1. The lowest BCUT2D eigenvalue weighted by molar-refractivity contribution is 0.0954. The molecule has 0 spiro atoms. The molecule has 0 atom stereocenters. The zero-order chi connectivity index (χ0) is 20.1. The quantitative estimate of drug-likeness (QED) is 0.443. The van der Waals surface area contributed by atoms with E-state index in [1.54, 1.807) is 25.6 Å². The maximum Gasteiger partial charge on any atom is 0.252 e. The molecule has 0 saturated carbocycles. The molecule has 0 fully saturated rings. The van der Waals surface area contributed by atoms with Gasteiger partial charge in [0.2, 0.25) is 0 Å². The SMILES string of the molecule is COc1ccc(Nc2cncc(C(=O)NCCc3c[nH]c4ccccc34)c2)cc1. The molecule has 4 aromatic rings. The van der Waals surface area contributed by atoms with Crippen molar-refractivity contribution in [2.45, 2.75) is 6.42 Å². The summed E-state index contributed by atoms with van der Waals surface area (Å²) in [7, 11) is 1.63. The fraction of sp³-hybridized carbons (Fsp3) is 0.130. The molecule has 0 saturated heterocycles. The van der Waals surface area contributed by atoms with E-state index in [0.29, 0.717) is 12.1 Å². The zero-order valence-electron chi connectivity index (χ0n) is 16.1. The van der Waals surface area contributed by atoms with Gasteiger partial charge in [0.05, 0.1) is 24.6 Å². The summed E-state index contributed by atoms with van der Waals surface area (Å²) in [4.78, 5) is 20.0. The number of aromatic amines is 1. The van der Waals surface area contributed by atoms with Gasteiger partial charge in [-0.3, -0.25) is 9.78 Å². The standard InChI is InChI=1S/C23H22N4O2/c1-29-20-8-6-18(7-9-20)27-19-12-17(13-24-15-19)23(28)25-11-10-16-14-26-22-5-3-2-4-21(16)22/h2-9,12-15,26-27H,10-11H2,1H3,(H,25,28). The van der Waals surface area contributed by atoms with E-state index in [1.807, 2.05) is 48.7 Å². The summed E-state index contributed by atoms with van der Waals surface area (Å²) < 4.78 is 5.16. The fourth-order valence-corrected chi connectivity index (χ4v) is 3.22. The summed E-state index contributed by atoms with van der Waals surface area (Å²) in [6, 6.07) is 17.5. The van der Waals surface area contributed by atoms with Crippen LogP contribution in [-0.4, -0.2) is 29.5 Å². The number of anilines is 2. The van der Waals surface area contributed by atoms with Crippen LogP contribution in [0.3, 0.4) is 0 Å². The van der Waals surface area contributed by atoms with E-state index in [9.17, 15) is 4.79 Å². The molecule has 0 aliphatic heterocycles. The van der Waals surface area contributed by atoms with Crippen LogP contribution in [-0.2, 0) is 6.42 Å². The molecule has 2 aromatic carbocycles. The van der Waals surface area contributed by atoms with E-state index >= 15 is 0 Å². The van der Waals surface area contributed by atoms with Crippen LogP contribution in [0.1, 0.15) is 15.9 Å². The van der Waals surface area contributed by atoms with Crippen LogP contribution in [0, 0.1) is 0 Å². The number of hydrogen-bond acceptors (Lipinski definition) is 4. The van der Waals surface area contributed by atoms with Gasteiger partial charge in [0.1, 0.15) is 5.75 Å². The Bertz CT molecular complexity index is 1120. The number of rotatable bonds is 7. The molecule has 29 heavy (non-hydrogen) atoms. The van der Waals surface area contributed by atoms with Crippen LogP contribution in [0.5, 0.6) is 5.75 Å². The van der Waals surface area contributed by atoms with Gasteiger partial charge in [0, 0.05) is 35.5 Å². The molecule has 146 valence electrons. The van der Waals surface area contributed by atoms with E-state index < -0.39 is 0 Å². The normalized spacial score (nSPS) is 10.7. The minimum Gasteiger partial charge on any atom is -0.497 e. The molecule has 6 nitrogen and oxygen atoms in total. The summed E-state index contributed by atoms with van der Waals surface area (Å²) in [5.74, 6) is 0.646. The number of ether oxygens (including phenoxy) is 1. The second-order valence-corrected chi connectivity index (χ2v) is 6.68. The van der Waals surface area contributed by atoms with Crippen LogP contribution in [0.15, 0.2) is 73.2 Å². The highest BCUT2D eigenvalue weighted by Crippen LogP contribution is 2.20. The van der Waals surface area contributed by atoms with Crippen LogP contribution < -0.4 is 15.4 Å². The number of pyridine rings is 1. The minimum atomic E-state index is -0.143. The molecule has 0 radical (unpaired) electrons. The van der Waals surface area contributed by atoms with E-state index in [4.69, 9.17) is 4.74 Å². The van der Waals surface area contributed by atoms with Crippen molar-refractivity contribution >= 4 is 28.2 Å². The fourth-order valence-electron chi connectivity index (χ4n) is 3.22. The Morgan fingerprint density at radius 3 is 2.72 bits per heavy atom. The summed E-state index contributed by atoms with van der Waals surface area (Å²) in [5, 5.41) is 7.41. The van der Waals surface area contributed by atoms with Crippen molar-refractivity contribution in [3.63, 3.8) is 0 Å². The highest BCUT2D eigenvalue weighted by atomic mass is 16.5. The molecule has 0 bridgehead atoms. The van der Waals surface area contributed by atoms with Gasteiger partial charge in [0.15, 0.2) is 0 Å². The Morgan fingerprint density at radius 2 is 1.90 bits per heavy atom. The Kier molecular flexibility index (Phi) is 5.42. The monoisotopic (exact) mass is 386 g/mol. The van der Waals surface area contributed by atoms with Gasteiger partial charge in [0.25, 0.3) is 5.91 Å². The predicted octanol–water partition coefficient (Wildman–Crippen LogP) is 4.29. The lowest BCUT2D eigenvalue weighted by Crippen LogP contribution is -2.25. The molecule has 0 aliphatic carbocycles. The second kappa shape index (κ2) is 8.48. The maximum absolute atomic E-state index is 12.5. The van der Waals surface area contributed by atoms with Crippen molar-refractivity contribution in [3.8, 4) is 5.75 Å². The van der Waals surface area contributed by atoms with Crippen molar-refractivity contribution in [1.82, 2.24) is 15.3 Å². The molecule has 1 amide bonds. The largest absolute Gasteiger partial charge is 0.497 e. The maximum atomic E-state index is 12.5. The molecule has 2 aromatic heterocycles. The Morgan fingerprint density at radius 1 is 1.07 bits per heavy atom. The summed E-state index contributed by atoms with van der Waals surface area (Å²) in [6.45, 7) is 0.552. The predicted molar refractivity (Wildman–Crippen MR) is 115 cm³/mol. The number of benzene rings is 2. The van der Waals surface area contributed by atoms with Gasteiger partial charge >= 0.3 is 0 Å². The third-order valence-corrected chi connectivity index (χ3v) is 4.73. The smallest absolute Gasteiger partial charge is 0.252 e. The van der Waals surface area contributed by atoms with Crippen molar-refractivity contribution in [3.05, 3.63) is 84.3 Å². The third-order valence-electron chi connectivity index (χ3n) is 4.73. The van der Waals surface area contributed by atoms with Crippen molar-refractivity contribution in [2.75, 3.05) is 19.0 Å². The average molecular weight is 386 g/mol. The van der Waals surface area contributed by atoms with Crippen molar-refractivity contribution in [1.29, 1.82) is 0 Å². The van der Waals surface area contributed by atoms with Gasteiger partial charge in [-0.2, -0.15) is 0 Å². The molecule has 0 unspecified atom stereocenters. The molecule has 3 N–H and O–H groups in total. The topological polar surface area (TPSA) is 79.0 Å². The van der Waals surface area contributed by atoms with E-state index in [0.717, 1.165) is 29.1 Å². The van der Waals surface area contributed by atoms with Gasteiger partial charge in [-0.25, -0.2) is 0 Å². The first kappa shape index (κ1) is 18.6. The van der Waals surface area contributed by atoms with Crippen LogP contribution >= 0.6 is 0 Å². The van der Waals surface area contributed by atoms with Crippen LogP contribution in [0.4, 0.5) is 11.4 Å². The molecule has 6 heteroatoms. The second-order valence-electron chi connectivity index (χ2n) is 6.68. The molecule has 4 rings (SSSR count). The molecule has 2 heterocycles. The van der Waals surface area contributed by atoms with E-state index in [2.05, 4.69) is 26.7 Å². The summed E-state index contributed by atoms with van der Waals surface area (Å²) >= 11 is 0. The van der Waals surface area contributed by atoms with Crippen molar-refractivity contribution < 1.29 is 9.53 Å². The minimum absolute atomic E-state index is 0.143. The molecular formula is C23H22N4O2. The number of aromatic nitrogens is 2. The number of carbonyl (C=O) groups excluding carboxylic acids is 1. The third kappa shape index (κ3) is 4.38. The Balaban J connectivity index is 1.36. The number of para-hydroxylation sites is 1. The van der Waals surface area contributed by atoms with Gasteiger partial charge in [-0.1, -0.05) is 18.2 Å². The number of H-pyrrole nitrogens is 1. The van der Waals surface area contributed by atoms with Crippen molar-refractivity contribution in [2.24, 2.45) is 0 Å². The first-order chi connectivity index (χ1) is 14.2. The molecule has 0 aliphatic rings. The Labute approximate surface area is 168 Å². The first-order valence-corrected chi connectivity index (χ1v) is 9.42. The number of nitrogens with one attached hydrogen (secondary N) is 3.